The van der Waals surface area contributed by atoms with Crippen LogP contribution in [0.3, 0.4) is 0 Å². The predicted molar refractivity (Wildman–Crippen MR) is 120 cm³/mol. The van der Waals surface area contributed by atoms with Gasteiger partial charge in [0, 0.05) is 37.5 Å². The number of nitrogens with one attached hydrogen (secondary N) is 1. The zero-order valence-corrected chi connectivity index (χ0v) is 17.9. The fourth-order valence-electron chi connectivity index (χ4n) is 4.91. The highest BCUT2D eigenvalue weighted by Crippen LogP contribution is 2.34. The van der Waals surface area contributed by atoms with Gasteiger partial charge in [-0.3, -0.25) is 9.36 Å². The van der Waals surface area contributed by atoms with Crippen LogP contribution in [0.25, 0.3) is 22.5 Å². The second-order valence-electron chi connectivity index (χ2n) is 9.17. The molecule has 1 unspecified atom stereocenters. The lowest BCUT2D eigenvalue weighted by atomic mass is 10.0. The fraction of sp³-hybridized carbons (Fsp3) is 0.400. The van der Waals surface area contributed by atoms with E-state index in [2.05, 4.69) is 34.5 Å². The summed E-state index contributed by atoms with van der Waals surface area (Å²) in [4.78, 5) is 26.8. The number of amides is 1. The molecule has 2 aliphatic heterocycles. The van der Waals surface area contributed by atoms with Gasteiger partial charge in [-0.1, -0.05) is 30.3 Å². The normalized spacial score (nSPS) is 19.8. The van der Waals surface area contributed by atoms with Crippen molar-refractivity contribution < 1.29 is 9.53 Å². The van der Waals surface area contributed by atoms with E-state index in [0.717, 1.165) is 67.8 Å². The first kappa shape index (κ1) is 19.3. The average molecular weight is 431 g/mol. The van der Waals surface area contributed by atoms with Gasteiger partial charge in [-0.25, -0.2) is 9.89 Å². The summed E-state index contributed by atoms with van der Waals surface area (Å²) < 4.78 is 7.32. The van der Waals surface area contributed by atoms with Crippen LogP contribution in [-0.4, -0.2) is 45.3 Å². The summed E-state index contributed by atoms with van der Waals surface area (Å²) in [6.45, 7) is 2.85. The Kier molecular flexibility index (Phi) is 4.63. The minimum absolute atomic E-state index is 0.199. The number of H-pyrrole nitrogens is 1. The number of nitrogens with zero attached hydrogens (tertiary/aromatic N) is 3. The summed E-state index contributed by atoms with van der Waals surface area (Å²) in [5.74, 6) is 2.45. The van der Waals surface area contributed by atoms with E-state index in [1.165, 1.54) is 5.56 Å². The SMILES string of the molecule is O=C(C1CC1)N1CCC(Cn2c(-c3ccc(-c4ccc5c(c4)CCO5)cc3)n[nH]c2=O)C1. The molecule has 3 aromatic rings. The van der Waals surface area contributed by atoms with Gasteiger partial charge in [-0.2, -0.15) is 5.10 Å². The number of carbonyl (C=O) groups is 1. The van der Waals surface area contributed by atoms with E-state index in [9.17, 15) is 9.59 Å². The minimum Gasteiger partial charge on any atom is -0.493 e. The van der Waals surface area contributed by atoms with Gasteiger partial charge >= 0.3 is 5.69 Å². The molecular formula is C25H26N4O3. The standard InChI is InChI=1S/C25H26N4O3/c30-24(19-5-6-19)28-11-9-16(14-28)15-29-23(26-27-25(29)31)18-3-1-17(2-4-18)20-7-8-22-21(13-20)10-12-32-22/h1-4,7-8,13,16,19H,5-6,9-12,14-15H2,(H,27,31). The van der Waals surface area contributed by atoms with Crippen molar-refractivity contribution in [1.82, 2.24) is 19.7 Å². The molecule has 3 heterocycles. The van der Waals surface area contributed by atoms with Crippen molar-refractivity contribution >= 4 is 5.91 Å². The van der Waals surface area contributed by atoms with Crippen LogP contribution in [0.1, 0.15) is 24.8 Å². The van der Waals surface area contributed by atoms with Gasteiger partial charge in [0.1, 0.15) is 5.75 Å². The highest BCUT2D eigenvalue weighted by molar-refractivity contribution is 5.81. The summed E-state index contributed by atoms with van der Waals surface area (Å²) in [6.07, 6.45) is 3.93. The number of likely N-dealkylation sites (tertiary alicyclic amines) is 1. The second kappa shape index (κ2) is 7.65. The molecule has 2 fully saturated rings. The first-order chi connectivity index (χ1) is 15.7. The Labute approximate surface area is 186 Å². The smallest absolute Gasteiger partial charge is 0.343 e. The Morgan fingerprint density at radius 2 is 1.84 bits per heavy atom. The number of aromatic nitrogens is 3. The summed E-state index contributed by atoms with van der Waals surface area (Å²) in [5.41, 5.74) is 4.23. The van der Waals surface area contributed by atoms with E-state index in [-0.39, 0.29) is 17.5 Å². The molecule has 1 N–H and O–H groups in total. The van der Waals surface area contributed by atoms with Crippen molar-refractivity contribution in [2.45, 2.75) is 32.2 Å². The molecule has 164 valence electrons. The van der Waals surface area contributed by atoms with Crippen LogP contribution in [0.15, 0.2) is 47.3 Å². The summed E-state index contributed by atoms with van der Waals surface area (Å²) in [7, 11) is 0. The molecule has 1 atom stereocenters. The molecule has 6 rings (SSSR count). The molecule has 32 heavy (non-hydrogen) atoms. The van der Waals surface area contributed by atoms with Crippen LogP contribution in [0.2, 0.25) is 0 Å². The fourth-order valence-corrected chi connectivity index (χ4v) is 4.91. The molecule has 1 aromatic heterocycles. The van der Waals surface area contributed by atoms with E-state index in [4.69, 9.17) is 4.74 Å². The van der Waals surface area contributed by atoms with Crippen LogP contribution >= 0.6 is 0 Å². The molecule has 0 spiro atoms. The van der Waals surface area contributed by atoms with Gasteiger partial charge in [0.15, 0.2) is 5.82 Å². The quantitative estimate of drug-likeness (QED) is 0.675. The molecule has 7 heteroatoms. The number of ether oxygens (including phenoxy) is 1. The van der Waals surface area contributed by atoms with Crippen LogP contribution in [-0.2, 0) is 17.8 Å². The van der Waals surface area contributed by atoms with E-state index in [0.29, 0.717) is 18.3 Å². The number of carbonyl (C=O) groups excluding carboxylic acids is 1. The molecular weight excluding hydrogens is 404 g/mol. The largest absolute Gasteiger partial charge is 0.493 e. The Hall–Kier alpha value is -3.35. The lowest BCUT2D eigenvalue weighted by Gasteiger charge is -2.16. The topological polar surface area (TPSA) is 80.2 Å². The molecule has 7 nitrogen and oxygen atoms in total. The van der Waals surface area contributed by atoms with E-state index in [1.54, 1.807) is 4.57 Å². The lowest BCUT2D eigenvalue weighted by Crippen LogP contribution is -2.31. The number of fused-ring (bicyclic) bond motifs is 1. The zero-order chi connectivity index (χ0) is 21.7. The minimum atomic E-state index is -0.199. The maximum Gasteiger partial charge on any atom is 0.343 e. The van der Waals surface area contributed by atoms with Gasteiger partial charge in [-0.15, -0.1) is 0 Å². The Bertz CT molecular complexity index is 1220. The third-order valence-corrected chi connectivity index (χ3v) is 6.89. The zero-order valence-electron chi connectivity index (χ0n) is 17.9. The van der Waals surface area contributed by atoms with Gasteiger partial charge in [0.25, 0.3) is 0 Å². The lowest BCUT2D eigenvalue weighted by molar-refractivity contribution is -0.131. The number of hydrogen-bond acceptors (Lipinski definition) is 4. The molecule has 1 saturated heterocycles. The molecule has 1 aliphatic carbocycles. The molecule has 1 amide bonds. The first-order valence-corrected chi connectivity index (χ1v) is 11.5. The van der Waals surface area contributed by atoms with Crippen LogP contribution in [0.5, 0.6) is 5.75 Å². The molecule has 2 aromatic carbocycles. The van der Waals surface area contributed by atoms with E-state index < -0.39 is 0 Å². The van der Waals surface area contributed by atoms with Crippen LogP contribution < -0.4 is 10.4 Å². The number of benzene rings is 2. The summed E-state index contributed by atoms with van der Waals surface area (Å²) in [6, 6.07) is 14.5. The van der Waals surface area contributed by atoms with Crippen molar-refractivity contribution in [3.8, 4) is 28.3 Å². The monoisotopic (exact) mass is 430 g/mol. The van der Waals surface area contributed by atoms with Crippen molar-refractivity contribution in [1.29, 1.82) is 0 Å². The average Bonchev–Trinajstić information content (AvgIpc) is 3.21. The van der Waals surface area contributed by atoms with Crippen molar-refractivity contribution in [2.75, 3.05) is 19.7 Å². The van der Waals surface area contributed by atoms with E-state index in [1.807, 2.05) is 23.1 Å². The Balaban J connectivity index is 1.20. The van der Waals surface area contributed by atoms with Crippen LogP contribution in [0, 0.1) is 11.8 Å². The second-order valence-corrected chi connectivity index (χ2v) is 9.17. The third kappa shape index (κ3) is 3.51. The van der Waals surface area contributed by atoms with Gasteiger partial charge in [0.05, 0.1) is 6.61 Å². The molecule has 0 radical (unpaired) electrons. The maximum absolute atomic E-state index is 12.5. The highest BCUT2D eigenvalue weighted by atomic mass is 16.5. The molecule has 3 aliphatic rings. The first-order valence-electron chi connectivity index (χ1n) is 11.5. The molecule has 0 bridgehead atoms. The number of hydrogen-bond donors (Lipinski definition) is 1. The Morgan fingerprint density at radius 1 is 1.06 bits per heavy atom. The van der Waals surface area contributed by atoms with E-state index >= 15 is 0 Å². The van der Waals surface area contributed by atoms with Crippen molar-refractivity contribution in [2.24, 2.45) is 11.8 Å². The van der Waals surface area contributed by atoms with Crippen molar-refractivity contribution in [3.63, 3.8) is 0 Å². The van der Waals surface area contributed by atoms with Crippen molar-refractivity contribution in [3.05, 3.63) is 58.5 Å². The Morgan fingerprint density at radius 3 is 2.66 bits per heavy atom. The van der Waals surface area contributed by atoms with Gasteiger partial charge in [0.2, 0.25) is 5.91 Å². The third-order valence-electron chi connectivity index (χ3n) is 6.89. The van der Waals surface area contributed by atoms with Gasteiger partial charge < -0.3 is 9.64 Å². The highest BCUT2D eigenvalue weighted by Gasteiger charge is 2.36. The van der Waals surface area contributed by atoms with Gasteiger partial charge in [-0.05, 0) is 54.0 Å². The number of aromatic amines is 1. The summed E-state index contributed by atoms with van der Waals surface area (Å²) in [5, 5.41) is 6.91. The number of rotatable bonds is 5. The maximum atomic E-state index is 12.5. The van der Waals surface area contributed by atoms with Crippen LogP contribution in [0.4, 0.5) is 0 Å². The summed E-state index contributed by atoms with van der Waals surface area (Å²) >= 11 is 0. The molecule has 1 saturated carbocycles. The predicted octanol–water partition coefficient (Wildman–Crippen LogP) is 3.10.